The SMILES string of the molecule is c1ccc(C2=Nc3cc(-c4ccccc4)c(-c4cccc5c4sc4ccccc45)cc3I=C2n2c3cc(-c4ccc5ccccc5c4)ccc3c3cc4ccccc4cc32)cc1. The fourth-order valence-corrected chi connectivity index (χ4v) is 13.7. The summed E-state index contributed by atoms with van der Waals surface area (Å²) >= 11 is 1.12. The molecule has 2 nitrogen and oxygen atoms in total. The molecule has 0 bridgehead atoms. The second kappa shape index (κ2) is 14.3. The van der Waals surface area contributed by atoms with Gasteiger partial charge in [0.2, 0.25) is 0 Å². The maximum Gasteiger partial charge on any atom is 0.106 e. The first-order valence-electron chi connectivity index (χ1n) is 21.0. The predicted octanol–water partition coefficient (Wildman–Crippen LogP) is 16.4. The van der Waals surface area contributed by atoms with Gasteiger partial charge in [-0.1, -0.05) is 191 Å². The summed E-state index contributed by atoms with van der Waals surface area (Å²) in [5.41, 5.74) is 13.0. The van der Waals surface area contributed by atoms with Crippen molar-refractivity contribution in [2.45, 2.75) is 0 Å². The number of hydrogen-bond acceptors (Lipinski definition) is 2. The van der Waals surface area contributed by atoms with Crippen LogP contribution in [0.2, 0.25) is 0 Å². The first-order valence-corrected chi connectivity index (χ1v) is 24.0. The Balaban J connectivity index is 1.11. The van der Waals surface area contributed by atoms with E-state index in [2.05, 4.69) is 217 Å². The summed E-state index contributed by atoms with van der Waals surface area (Å²) in [6.45, 7) is 0. The number of aromatic nitrogens is 1. The fraction of sp³-hybridized carbons (Fsp3) is 0. The van der Waals surface area contributed by atoms with Gasteiger partial charge in [0.1, 0.15) is 9.34 Å². The van der Waals surface area contributed by atoms with Gasteiger partial charge in [0.15, 0.2) is 0 Å². The number of benzene rings is 10. The highest BCUT2D eigenvalue weighted by atomic mass is 127. The Hall–Kier alpha value is -6.99. The van der Waals surface area contributed by atoms with Crippen LogP contribution in [0.1, 0.15) is 5.56 Å². The average Bonchev–Trinajstić information content (AvgIpc) is 3.88. The smallest absolute Gasteiger partial charge is 0.106 e. The van der Waals surface area contributed by atoms with Gasteiger partial charge in [0.25, 0.3) is 0 Å². The van der Waals surface area contributed by atoms with Crippen LogP contribution in [0.4, 0.5) is 5.69 Å². The van der Waals surface area contributed by atoms with Crippen molar-refractivity contribution in [2.24, 2.45) is 4.99 Å². The molecule has 0 saturated carbocycles. The largest absolute Gasteiger partial charge is 0.302 e. The topological polar surface area (TPSA) is 17.3 Å². The van der Waals surface area contributed by atoms with E-state index in [1.807, 2.05) is 11.3 Å². The van der Waals surface area contributed by atoms with Gasteiger partial charge in [0, 0.05) is 45.6 Å². The van der Waals surface area contributed by atoms with Gasteiger partial charge in [-0.05, 0) is 91.8 Å². The van der Waals surface area contributed by atoms with Gasteiger partial charge in [-0.25, -0.2) is 4.99 Å². The van der Waals surface area contributed by atoms with Crippen molar-refractivity contribution in [1.29, 1.82) is 0 Å². The molecule has 1 aliphatic heterocycles. The molecule has 0 amide bonds. The minimum Gasteiger partial charge on any atom is -0.302 e. The van der Waals surface area contributed by atoms with E-state index >= 15 is 0 Å². The second-order valence-electron chi connectivity index (χ2n) is 16.1. The van der Waals surface area contributed by atoms with Crippen LogP contribution in [-0.4, -0.2) is 13.9 Å². The summed E-state index contributed by atoms with van der Waals surface area (Å²) in [5.74, 6) is 0. The van der Waals surface area contributed by atoms with E-state index in [1.54, 1.807) is 0 Å². The lowest BCUT2D eigenvalue weighted by Gasteiger charge is -2.22. The fourth-order valence-electron chi connectivity index (χ4n) is 9.46. The van der Waals surface area contributed by atoms with E-state index in [-0.39, 0.29) is 0 Å². The highest BCUT2D eigenvalue weighted by molar-refractivity contribution is 14.2. The Morgan fingerprint density at radius 3 is 1.85 bits per heavy atom. The lowest BCUT2D eigenvalue weighted by Crippen LogP contribution is -2.23. The molecule has 0 N–H and O–H groups in total. The minimum absolute atomic E-state index is 0.776. The third kappa shape index (κ3) is 5.74. The zero-order valence-corrected chi connectivity index (χ0v) is 36.4. The Kier molecular flexibility index (Phi) is 8.24. The summed E-state index contributed by atoms with van der Waals surface area (Å²) in [7, 11) is 0. The van der Waals surface area contributed by atoms with Crippen LogP contribution in [0, 0.1) is 3.57 Å². The summed E-state index contributed by atoms with van der Waals surface area (Å²) in [6, 6.07) is 78.4. The molecule has 0 saturated heterocycles. The zero-order chi connectivity index (χ0) is 40.7. The molecular formula is C58H35IN2S. The summed E-state index contributed by atoms with van der Waals surface area (Å²) < 4.78 is 7.84. The molecule has 3 heterocycles. The molecule has 10 aromatic carbocycles. The molecule has 62 heavy (non-hydrogen) atoms. The first kappa shape index (κ1) is 35.7. The number of thiophene rings is 1. The molecule has 13 rings (SSSR count). The second-order valence-corrected chi connectivity index (χ2v) is 19.8. The number of halogens is 1. The summed E-state index contributed by atoms with van der Waals surface area (Å²) in [4.78, 5) is 5.75. The van der Waals surface area contributed by atoms with Gasteiger partial charge < -0.3 is 4.57 Å². The van der Waals surface area contributed by atoms with Crippen molar-refractivity contribution in [3.63, 3.8) is 0 Å². The molecular weight excluding hydrogens is 884 g/mol. The standard InChI is InChI=1S/C58H35IN2S/c1-3-15-37(16-4-1)48-35-52-51(34-49(48)47-24-13-23-46-45-22-11-12-25-55(45)62-57(46)47)59-58(56(60-52)38-17-5-2-6-18-38)61-53-33-43(42-27-26-36-14-7-8-19-39(36)30-42)28-29-44(53)50-31-40-20-9-10-21-41(40)32-54(50)61/h1-35H. The van der Waals surface area contributed by atoms with Crippen LogP contribution in [-0.2, 0) is 0 Å². The lowest BCUT2D eigenvalue weighted by atomic mass is 9.93. The van der Waals surface area contributed by atoms with Crippen molar-refractivity contribution in [2.75, 3.05) is 0 Å². The molecule has 2 aromatic heterocycles. The van der Waals surface area contributed by atoms with Crippen molar-refractivity contribution >= 4 is 111 Å². The van der Waals surface area contributed by atoms with Crippen molar-refractivity contribution in [3.05, 3.63) is 221 Å². The number of hydrogen-bond donors (Lipinski definition) is 0. The van der Waals surface area contributed by atoms with E-state index in [1.165, 1.54) is 104 Å². The minimum atomic E-state index is -0.776. The number of fused-ring (bicyclic) bond motifs is 9. The van der Waals surface area contributed by atoms with Crippen LogP contribution in [0.5, 0.6) is 0 Å². The zero-order valence-electron chi connectivity index (χ0n) is 33.4. The van der Waals surface area contributed by atoms with Crippen LogP contribution >= 0.6 is 32.1 Å². The van der Waals surface area contributed by atoms with Gasteiger partial charge in [-0.15, -0.1) is 11.3 Å². The van der Waals surface area contributed by atoms with Gasteiger partial charge >= 0.3 is 0 Å². The molecule has 0 fully saturated rings. The number of nitrogens with zero attached hydrogens (tertiary/aromatic N) is 2. The summed E-state index contributed by atoms with van der Waals surface area (Å²) in [5, 5.41) is 10.1. The molecule has 4 heteroatoms. The van der Waals surface area contributed by atoms with Crippen molar-refractivity contribution < 1.29 is 0 Å². The molecule has 0 atom stereocenters. The third-order valence-corrected chi connectivity index (χ3v) is 16.6. The predicted molar refractivity (Wildman–Crippen MR) is 276 cm³/mol. The first-order chi connectivity index (χ1) is 30.7. The average molecular weight is 919 g/mol. The molecule has 12 aromatic rings. The van der Waals surface area contributed by atoms with Crippen LogP contribution in [0.15, 0.2) is 217 Å². The van der Waals surface area contributed by atoms with Crippen LogP contribution < -0.4 is 0 Å². The normalized spacial score (nSPS) is 12.8. The summed E-state index contributed by atoms with van der Waals surface area (Å²) in [6.07, 6.45) is 0. The van der Waals surface area contributed by atoms with Gasteiger partial charge in [-0.3, -0.25) is 0 Å². The Morgan fingerprint density at radius 2 is 1.03 bits per heavy atom. The van der Waals surface area contributed by atoms with Crippen molar-refractivity contribution in [3.8, 4) is 33.4 Å². The van der Waals surface area contributed by atoms with Crippen LogP contribution in [0.3, 0.4) is 0 Å². The number of aliphatic imine (C=N–C) groups is 1. The molecule has 290 valence electrons. The van der Waals surface area contributed by atoms with Crippen molar-refractivity contribution in [1.82, 2.24) is 4.57 Å². The van der Waals surface area contributed by atoms with E-state index in [9.17, 15) is 0 Å². The third-order valence-electron chi connectivity index (χ3n) is 12.4. The molecule has 0 unspecified atom stereocenters. The lowest BCUT2D eigenvalue weighted by molar-refractivity contribution is 1.33. The van der Waals surface area contributed by atoms with Gasteiger partial charge in [0.05, 0.1) is 16.7 Å². The van der Waals surface area contributed by atoms with E-state index < -0.39 is 20.7 Å². The number of rotatable bonds is 5. The molecule has 0 radical (unpaired) electrons. The molecule has 0 spiro atoms. The highest BCUT2D eigenvalue weighted by Crippen LogP contribution is 2.47. The van der Waals surface area contributed by atoms with E-state index in [0.29, 0.717) is 0 Å². The Labute approximate surface area is 372 Å². The molecule has 1 aliphatic rings. The Bertz CT molecular complexity index is 3860. The monoisotopic (exact) mass is 918 g/mol. The van der Waals surface area contributed by atoms with Crippen LogP contribution in [0.25, 0.3) is 96.9 Å². The maximum absolute atomic E-state index is 5.75. The quantitative estimate of drug-likeness (QED) is 0.153. The Morgan fingerprint density at radius 1 is 0.387 bits per heavy atom. The van der Waals surface area contributed by atoms with Gasteiger partial charge in [-0.2, -0.15) is 0 Å². The van der Waals surface area contributed by atoms with E-state index in [0.717, 1.165) is 17.0 Å². The van der Waals surface area contributed by atoms with E-state index in [4.69, 9.17) is 4.99 Å². The maximum atomic E-state index is 5.75. The molecule has 0 aliphatic carbocycles. The highest BCUT2D eigenvalue weighted by Gasteiger charge is 2.26.